The molecule has 0 atom stereocenters. The molecule has 0 spiro atoms. The molecule has 0 radical (unpaired) electrons. The summed E-state index contributed by atoms with van der Waals surface area (Å²) in [5.41, 5.74) is 1.32. The summed E-state index contributed by atoms with van der Waals surface area (Å²) >= 11 is -1.41. The Morgan fingerprint density at radius 3 is 1.26 bits per heavy atom. The fourth-order valence-electron chi connectivity index (χ4n) is 8.04. The normalized spacial score (nSPS) is 10.3. The van der Waals surface area contributed by atoms with Crippen molar-refractivity contribution in [2.75, 3.05) is 13.7 Å². The smallest absolute Gasteiger partial charge is 0.784 e. The van der Waals surface area contributed by atoms with Crippen molar-refractivity contribution in [3.8, 4) is 0 Å². The van der Waals surface area contributed by atoms with Gasteiger partial charge in [-0.25, -0.2) is 0 Å². The molecule has 410 valence electrons. The Morgan fingerprint density at radius 2 is 0.904 bits per heavy atom. The van der Waals surface area contributed by atoms with Gasteiger partial charge in [0, 0.05) is 39.9 Å². The third kappa shape index (κ3) is 51.3. The second kappa shape index (κ2) is 58.5. The van der Waals surface area contributed by atoms with E-state index in [0.717, 1.165) is 57.8 Å². The summed E-state index contributed by atoms with van der Waals surface area (Å²) in [4.78, 5) is 44.0. The maximum atomic E-state index is 12.6. The van der Waals surface area contributed by atoms with Crippen LogP contribution in [0.3, 0.4) is 0 Å². The molecule has 3 rings (SSSR count). The Balaban J connectivity index is -0.000000446. The van der Waals surface area contributed by atoms with Crippen molar-refractivity contribution in [1.82, 2.24) is 0 Å². The summed E-state index contributed by atoms with van der Waals surface area (Å²) in [6.45, 7) is 12.9. The topological polar surface area (TPSA) is 170 Å². The van der Waals surface area contributed by atoms with E-state index < -0.39 is 17.3 Å². The second-order valence-corrected chi connectivity index (χ2v) is 20.6. The molecule has 1 N–H and O–H groups in total. The molecule has 0 fully saturated rings. The van der Waals surface area contributed by atoms with E-state index in [2.05, 4.69) is 45.4 Å². The molecule has 0 unspecified atom stereocenters. The number of carboxylic acid groups (broad SMARTS) is 1. The van der Waals surface area contributed by atoms with Crippen LogP contribution in [0.5, 0.6) is 0 Å². The number of hydrogen-bond donors (Lipinski definition) is 1. The first kappa shape index (κ1) is 78.3. The van der Waals surface area contributed by atoms with Gasteiger partial charge in [0.25, 0.3) is 0 Å². The molecule has 2 aromatic carbocycles. The Kier molecular flexibility index (Phi) is 62.7. The van der Waals surface area contributed by atoms with E-state index >= 15 is 0 Å². The molecule has 0 saturated carbocycles. The van der Waals surface area contributed by atoms with Gasteiger partial charge in [0.05, 0.1) is 13.7 Å². The van der Waals surface area contributed by atoms with Crippen LogP contribution in [0.4, 0.5) is 0 Å². The van der Waals surface area contributed by atoms with Crippen LogP contribution in [0, 0.1) is 0 Å². The van der Waals surface area contributed by atoms with E-state index in [1.807, 2.05) is 36.4 Å². The molecule has 0 aliphatic carbocycles. The van der Waals surface area contributed by atoms with Crippen LogP contribution in [0.25, 0.3) is 20.2 Å². The molecule has 73 heavy (non-hydrogen) atoms. The van der Waals surface area contributed by atoms with Gasteiger partial charge < -0.3 is 23.7 Å². The standard InChI is InChI=1S/C22H44O2.C18H36O2.C16H14OS.C3H6O2.2Na.H2O3S/c1-3-5-7-8-9-10-11-12-13-14-15-16-17-18-19-20-22(23)24-21-6-4-2;1-2-3-4-5-6-7-8-9-10-11-12-13-14-15-16-17-18(19)20;1-10(2)11-7-5-9-14-15(11)16(17)12-6-3-4-8-13(12)18-14;1-3(4)5-2;;;1-4(2)3/h3-21H2,1-2H3;2-17H2,1H3,(H,19,20);3-10H,1-2H3;1-2H3;;;(H2,1,2,3)/q;;;;2*+1;/p-2. The van der Waals surface area contributed by atoms with Gasteiger partial charge in [-0.1, -0.05) is 245 Å². The summed E-state index contributed by atoms with van der Waals surface area (Å²) in [6.07, 6.45) is 43.3. The van der Waals surface area contributed by atoms with Crippen LogP contribution in [0.2, 0.25) is 0 Å². The van der Waals surface area contributed by atoms with E-state index in [9.17, 15) is 19.2 Å². The van der Waals surface area contributed by atoms with E-state index in [-0.39, 0.29) is 76.5 Å². The van der Waals surface area contributed by atoms with Gasteiger partial charge in [-0.3, -0.25) is 23.4 Å². The van der Waals surface area contributed by atoms with Crippen molar-refractivity contribution in [3.05, 3.63) is 58.3 Å². The molecule has 0 saturated heterocycles. The van der Waals surface area contributed by atoms with Crippen LogP contribution >= 0.6 is 11.3 Å². The molecule has 0 bridgehead atoms. The maximum Gasteiger partial charge on any atom is 1.00 e. The van der Waals surface area contributed by atoms with E-state index in [1.165, 1.54) is 187 Å². The quantitative estimate of drug-likeness (QED) is 0.0194. The van der Waals surface area contributed by atoms with Crippen molar-refractivity contribution < 1.29 is 101 Å². The third-order valence-corrected chi connectivity index (χ3v) is 13.4. The number of carbonyl (C=O) groups excluding carboxylic acids is 2. The number of esters is 2. The number of rotatable bonds is 36. The minimum absolute atomic E-state index is 0. The van der Waals surface area contributed by atoms with Crippen LogP contribution in [0.15, 0.2) is 47.3 Å². The van der Waals surface area contributed by atoms with Gasteiger partial charge in [0.2, 0.25) is 0 Å². The molecule has 0 amide bonds. The molecule has 14 heteroatoms. The molecular weight excluding hydrogens is 979 g/mol. The van der Waals surface area contributed by atoms with Crippen molar-refractivity contribution in [2.24, 2.45) is 0 Å². The van der Waals surface area contributed by atoms with Gasteiger partial charge >= 0.3 is 77.0 Å². The fraction of sp³-hybridized carbons (Fsp3) is 0.729. The Bertz CT molecular complexity index is 1800. The number of methoxy groups -OCH3 is 1. The number of benzene rings is 2. The van der Waals surface area contributed by atoms with Gasteiger partial charge in [0.15, 0.2) is 5.43 Å². The average molecular weight is 1080 g/mol. The molecule has 1 aromatic heterocycles. The van der Waals surface area contributed by atoms with Crippen LogP contribution in [-0.2, 0) is 35.2 Å². The van der Waals surface area contributed by atoms with E-state index in [4.69, 9.17) is 23.2 Å². The SMILES string of the molecule is CC(C)c1cccc2sc3ccccc3c(=O)c12.CCCCCCCCCCCCCCCCCC(=O)O.CCCCCCCCCCCCCCCCCC(=O)OCCCC.COC(C)=O.O=S([O-])[O-].[Na+].[Na+]. The number of carbonyl (C=O) groups is 3. The molecule has 10 nitrogen and oxygen atoms in total. The summed E-state index contributed by atoms with van der Waals surface area (Å²) in [6, 6.07) is 14.0. The minimum Gasteiger partial charge on any atom is -0.784 e. The zero-order chi connectivity index (χ0) is 53.2. The maximum absolute atomic E-state index is 12.6. The number of carboxylic acids is 1. The third-order valence-electron chi connectivity index (χ3n) is 12.3. The summed E-state index contributed by atoms with van der Waals surface area (Å²) < 4.78 is 36.8. The first-order valence-corrected chi connectivity index (χ1v) is 29.7. The predicted octanol–water partition coefficient (Wildman–Crippen LogP) is 11.6. The number of aliphatic carboxylic acids is 1. The summed E-state index contributed by atoms with van der Waals surface area (Å²) in [5, 5.41) is 10.3. The van der Waals surface area contributed by atoms with Crippen LogP contribution in [0.1, 0.15) is 271 Å². The van der Waals surface area contributed by atoms with Crippen LogP contribution < -0.4 is 64.5 Å². The second-order valence-electron chi connectivity index (χ2n) is 19.1. The molecule has 0 aliphatic rings. The van der Waals surface area contributed by atoms with Crippen molar-refractivity contribution in [3.63, 3.8) is 0 Å². The number of unbranched alkanes of at least 4 members (excludes halogenated alkanes) is 29. The average Bonchev–Trinajstić information content (AvgIpc) is 3.34. The molecular formula is C59H100Na2O10S2. The number of ether oxygens (including phenoxy) is 2. The number of hydrogen-bond acceptors (Lipinski definition) is 10. The van der Waals surface area contributed by atoms with Crippen molar-refractivity contribution in [2.45, 2.75) is 266 Å². The van der Waals surface area contributed by atoms with Crippen molar-refractivity contribution in [1.29, 1.82) is 0 Å². The zero-order valence-electron chi connectivity index (χ0n) is 47.8. The first-order valence-electron chi connectivity index (χ1n) is 27.9. The number of fused-ring (bicyclic) bond motifs is 2. The van der Waals surface area contributed by atoms with E-state index in [1.54, 1.807) is 11.3 Å². The molecule has 1 heterocycles. The first-order chi connectivity index (χ1) is 34.3. The Morgan fingerprint density at radius 1 is 0.562 bits per heavy atom. The minimum atomic E-state index is -3.11. The predicted molar refractivity (Wildman–Crippen MR) is 300 cm³/mol. The van der Waals surface area contributed by atoms with E-state index in [0.29, 0.717) is 25.4 Å². The van der Waals surface area contributed by atoms with Gasteiger partial charge in [-0.2, -0.15) is 0 Å². The van der Waals surface area contributed by atoms with Gasteiger partial charge in [-0.15, -0.1) is 22.7 Å². The van der Waals surface area contributed by atoms with Crippen LogP contribution in [-0.4, -0.2) is 50.0 Å². The summed E-state index contributed by atoms with van der Waals surface area (Å²) in [7, 11) is 1.35. The molecule has 0 aliphatic heterocycles. The monoisotopic (exact) mass is 1080 g/mol. The Hall–Kier alpha value is -1.19. The summed E-state index contributed by atoms with van der Waals surface area (Å²) in [5.74, 6) is -0.530. The van der Waals surface area contributed by atoms with Crippen molar-refractivity contribution >= 4 is 60.8 Å². The van der Waals surface area contributed by atoms with Gasteiger partial charge in [-0.05, 0) is 48.9 Å². The largest absolute Gasteiger partial charge is 1.00 e. The molecule has 3 aromatic rings. The fourth-order valence-corrected chi connectivity index (χ4v) is 9.16. The van der Waals surface area contributed by atoms with Gasteiger partial charge in [0.1, 0.15) is 0 Å². The Labute approximate surface area is 495 Å². The zero-order valence-corrected chi connectivity index (χ0v) is 53.4.